The molecular weight excluding hydrogens is 1080 g/mol. The van der Waals surface area contributed by atoms with E-state index in [1.807, 2.05) is 30.3 Å². The normalized spacial score (nSPS) is 12.6. The van der Waals surface area contributed by atoms with Crippen LogP contribution in [0.5, 0.6) is 0 Å². The highest BCUT2D eigenvalue weighted by molar-refractivity contribution is 6.38. The maximum absolute atomic E-state index is 6.51. The number of fused-ring (bicyclic) bond motifs is 18. The zero-order valence-corrected chi connectivity index (χ0v) is 47.4. The first kappa shape index (κ1) is 47.3. The van der Waals surface area contributed by atoms with Gasteiger partial charge in [0.2, 0.25) is 0 Å². The van der Waals surface area contributed by atoms with Gasteiger partial charge in [-0.15, -0.1) is 0 Å². The van der Waals surface area contributed by atoms with Crippen LogP contribution in [0.15, 0.2) is 276 Å². The van der Waals surface area contributed by atoms with E-state index in [1.54, 1.807) is 0 Å². The summed E-state index contributed by atoms with van der Waals surface area (Å²) in [5.74, 6) is 0. The number of nitrogens with zero attached hydrogens (tertiary/aromatic N) is 3. The van der Waals surface area contributed by atoms with Crippen LogP contribution in [0, 0.1) is 0 Å². The minimum absolute atomic E-state index is 0.738. The predicted molar refractivity (Wildman–Crippen MR) is 364 cm³/mol. The topological polar surface area (TPSA) is 40.5 Å². The van der Waals surface area contributed by atoms with Crippen LogP contribution in [0.3, 0.4) is 0 Å². The molecule has 0 saturated carbocycles. The summed E-state index contributed by atoms with van der Waals surface area (Å²) in [6.45, 7) is 0. The van der Waals surface area contributed by atoms with Crippen LogP contribution in [0.4, 0.5) is 0 Å². The van der Waals surface area contributed by atoms with Crippen LogP contribution in [0.2, 0.25) is 5.02 Å². The number of aromatic nitrogens is 3. The van der Waals surface area contributed by atoms with E-state index in [0.29, 0.717) is 0 Å². The van der Waals surface area contributed by atoms with Crippen molar-refractivity contribution in [1.29, 1.82) is 0 Å². The van der Waals surface area contributed by atoms with E-state index in [9.17, 15) is 0 Å². The van der Waals surface area contributed by atoms with E-state index >= 15 is 0 Å². The molecule has 2 aliphatic rings. The van der Waals surface area contributed by atoms with E-state index < -0.39 is 0 Å². The van der Waals surface area contributed by atoms with Gasteiger partial charge in [-0.1, -0.05) is 194 Å². The summed E-state index contributed by atoms with van der Waals surface area (Å²) >= 11 is 6.27. The van der Waals surface area contributed by atoms with Crippen LogP contribution in [0.1, 0.15) is 11.1 Å². The molecular formula is C81H46ClN3O2. The number of hydrogen-bond acceptors (Lipinski definition) is 2. The molecule has 22 rings (SSSR count). The Bertz CT molecular complexity index is 6380. The smallest absolute Gasteiger partial charge is 0.137 e. The number of halogens is 1. The molecule has 7 heterocycles. The average Bonchev–Trinajstić information content (AvgIpc) is 1.71. The lowest BCUT2D eigenvalue weighted by Gasteiger charge is -2.12. The van der Waals surface area contributed by atoms with Gasteiger partial charge in [0.05, 0.1) is 60.4 Å². The molecule has 0 spiro atoms. The molecule has 0 unspecified atom stereocenters. The fourth-order valence-corrected chi connectivity index (χ4v) is 15.8. The summed E-state index contributed by atoms with van der Waals surface area (Å²) in [5.41, 5.74) is 23.3. The molecule has 0 fully saturated rings. The van der Waals surface area contributed by atoms with Crippen molar-refractivity contribution < 1.29 is 8.83 Å². The first-order valence-electron chi connectivity index (χ1n) is 29.8. The van der Waals surface area contributed by atoms with Crippen molar-refractivity contribution in [3.8, 4) is 33.6 Å². The third kappa shape index (κ3) is 6.42. The monoisotopic (exact) mass is 1130 g/mol. The van der Waals surface area contributed by atoms with Crippen LogP contribution >= 0.6 is 11.6 Å². The number of benzene rings is 14. The van der Waals surface area contributed by atoms with Gasteiger partial charge < -0.3 is 22.4 Å². The second-order valence-corrected chi connectivity index (χ2v) is 23.9. The fourth-order valence-electron chi connectivity index (χ4n) is 15.6. The Balaban J connectivity index is 0.000000103. The second kappa shape index (κ2) is 17.5. The van der Waals surface area contributed by atoms with Gasteiger partial charge in [-0.05, 0) is 141 Å². The van der Waals surface area contributed by atoms with Crippen molar-refractivity contribution in [2.45, 2.75) is 6.42 Å². The van der Waals surface area contributed by atoms with Gasteiger partial charge in [0, 0.05) is 65.0 Å². The summed E-state index contributed by atoms with van der Waals surface area (Å²) < 4.78 is 19.8. The highest BCUT2D eigenvalue weighted by atomic mass is 35.5. The molecule has 0 N–H and O–H groups in total. The standard InChI is InChI=1S/C40H22N2O.C25H15N.C16H9ClO/c1-2-10-24-22-36-29(21-23(24)9-1)37-31(19-8-20-35(37)43-36)41-32-16-6-12-26-28-14-5-13-27-25-11-3-4-15-30(25)42(40(27)28)34-18-7-17-33(41)39(34)38(26)32;1-2-12-21-17(8-1)19-10-5-11-20-18-9-3-6-15-14-16-7-4-13-22(24(16)23(15)18)26(21)25(19)20;17-13-6-3-7-14-16(13)12-8-10-4-1-2-5-11(10)9-15(12)18-14/h1-22H;1-13H,14H2;1-9H. The van der Waals surface area contributed by atoms with Gasteiger partial charge in [-0.25, -0.2) is 0 Å². The first-order chi connectivity index (χ1) is 43.1. The Morgan fingerprint density at radius 3 is 1.53 bits per heavy atom. The summed E-state index contributed by atoms with van der Waals surface area (Å²) in [6.07, 6.45) is 1.04. The Hall–Kier alpha value is -11.1. The van der Waals surface area contributed by atoms with Crippen molar-refractivity contribution in [3.63, 3.8) is 0 Å². The summed E-state index contributed by atoms with van der Waals surface area (Å²) in [5, 5.41) is 20.3. The Morgan fingerprint density at radius 2 is 0.770 bits per heavy atom. The van der Waals surface area contributed by atoms with E-state index in [0.717, 1.165) is 61.0 Å². The number of hydrogen-bond donors (Lipinski definition) is 0. The van der Waals surface area contributed by atoms with Crippen molar-refractivity contribution >= 4 is 159 Å². The number of rotatable bonds is 1. The van der Waals surface area contributed by atoms with E-state index in [-0.39, 0.29) is 0 Å². The van der Waals surface area contributed by atoms with E-state index in [2.05, 4.69) is 250 Å². The van der Waals surface area contributed by atoms with Crippen molar-refractivity contribution in [1.82, 2.24) is 13.5 Å². The molecule has 87 heavy (non-hydrogen) atoms. The third-order valence-electron chi connectivity index (χ3n) is 19.1. The molecule has 5 nitrogen and oxygen atoms in total. The van der Waals surface area contributed by atoms with Crippen LogP contribution in [-0.2, 0) is 6.42 Å². The fraction of sp³-hybridized carbons (Fsp3) is 0.0123. The summed E-state index contributed by atoms with van der Waals surface area (Å²) in [6, 6.07) is 96.0. The summed E-state index contributed by atoms with van der Waals surface area (Å²) in [4.78, 5) is 0. The van der Waals surface area contributed by atoms with Gasteiger partial charge in [0.25, 0.3) is 0 Å². The van der Waals surface area contributed by atoms with Gasteiger partial charge in [0.15, 0.2) is 0 Å². The molecule has 6 heteroatoms. The number of para-hydroxylation sites is 4. The van der Waals surface area contributed by atoms with Crippen LogP contribution < -0.4 is 0 Å². The van der Waals surface area contributed by atoms with Crippen molar-refractivity contribution in [2.24, 2.45) is 0 Å². The van der Waals surface area contributed by atoms with E-state index in [4.69, 9.17) is 20.4 Å². The SMILES string of the molecule is Clc1cccc2oc3cc4ccccc4cc3c12.c1cc2c3c(c1)-c1cccc4c5ccccc5n(c14)-c1cccc(c1-3)C2.c1ccc2cc3c(cc2c1)oc1cccc(-n2c4cccc5c6cccc7c8ccccc8n(c8cccc2c8c54)c67)c13. The van der Waals surface area contributed by atoms with Crippen molar-refractivity contribution in [3.05, 3.63) is 283 Å². The maximum Gasteiger partial charge on any atom is 0.137 e. The van der Waals surface area contributed by atoms with Crippen LogP contribution in [-0.4, -0.2) is 13.5 Å². The quantitative estimate of drug-likeness (QED) is 0.164. The largest absolute Gasteiger partial charge is 0.456 e. The molecule has 14 aromatic carbocycles. The minimum atomic E-state index is 0.738. The van der Waals surface area contributed by atoms with Crippen molar-refractivity contribution in [2.75, 3.05) is 0 Å². The lowest BCUT2D eigenvalue weighted by atomic mass is 9.93. The maximum atomic E-state index is 6.51. The molecule has 0 bridgehead atoms. The van der Waals surface area contributed by atoms with Crippen LogP contribution in [0.25, 0.3) is 181 Å². The Kier molecular flexibility index (Phi) is 9.50. The summed E-state index contributed by atoms with van der Waals surface area (Å²) in [7, 11) is 0. The van der Waals surface area contributed by atoms with Gasteiger partial charge in [-0.3, -0.25) is 0 Å². The average molecular weight is 1130 g/mol. The van der Waals surface area contributed by atoms with E-state index in [1.165, 1.54) is 142 Å². The second-order valence-electron chi connectivity index (χ2n) is 23.5. The zero-order chi connectivity index (χ0) is 56.8. The molecule has 0 atom stereocenters. The molecule has 0 radical (unpaired) electrons. The van der Waals surface area contributed by atoms with Gasteiger partial charge in [-0.2, -0.15) is 0 Å². The Morgan fingerprint density at radius 1 is 0.287 bits per heavy atom. The van der Waals surface area contributed by atoms with Gasteiger partial charge >= 0.3 is 0 Å². The molecule has 1 aliphatic heterocycles. The molecule has 404 valence electrons. The zero-order valence-electron chi connectivity index (χ0n) is 46.6. The molecule has 1 aliphatic carbocycles. The first-order valence-corrected chi connectivity index (χ1v) is 30.2. The highest BCUT2D eigenvalue weighted by Gasteiger charge is 2.31. The molecule has 6 aromatic heterocycles. The lowest BCUT2D eigenvalue weighted by Crippen LogP contribution is -1.96. The third-order valence-corrected chi connectivity index (χ3v) is 19.4. The highest BCUT2D eigenvalue weighted by Crippen LogP contribution is 2.53. The number of furan rings is 2. The Labute approximate surface area is 501 Å². The molecule has 20 aromatic rings. The molecule has 0 saturated heterocycles. The molecule has 0 amide bonds. The lowest BCUT2D eigenvalue weighted by molar-refractivity contribution is 0.669. The predicted octanol–water partition coefficient (Wildman–Crippen LogP) is 22.7. The minimum Gasteiger partial charge on any atom is -0.456 e. The van der Waals surface area contributed by atoms with Gasteiger partial charge in [0.1, 0.15) is 22.3 Å².